The predicted octanol–water partition coefficient (Wildman–Crippen LogP) is 5.91. The molecule has 0 saturated heterocycles. The average Bonchev–Trinajstić information content (AvgIpc) is 2.97. The highest BCUT2D eigenvalue weighted by Crippen LogP contribution is 2.46. The van der Waals surface area contributed by atoms with E-state index in [1.807, 2.05) is 105 Å². The molecule has 6 nitrogen and oxygen atoms in total. The quantitative estimate of drug-likeness (QED) is 0.361. The molecule has 2 atom stereocenters. The van der Waals surface area contributed by atoms with Crippen molar-refractivity contribution in [2.24, 2.45) is 0 Å². The van der Waals surface area contributed by atoms with E-state index in [9.17, 15) is 9.59 Å². The van der Waals surface area contributed by atoms with Crippen molar-refractivity contribution in [3.63, 3.8) is 0 Å². The molecule has 0 spiro atoms. The van der Waals surface area contributed by atoms with E-state index in [1.54, 1.807) is 7.11 Å². The third-order valence-corrected chi connectivity index (χ3v) is 7.84. The van der Waals surface area contributed by atoms with Crippen LogP contribution in [0.1, 0.15) is 48.3 Å². The normalized spacial score (nSPS) is 18.6. The van der Waals surface area contributed by atoms with E-state index in [2.05, 4.69) is 5.32 Å². The molecule has 2 aliphatic rings. The molecule has 40 heavy (non-hydrogen) atoms. The number of nitrogens with one attached hydrogen (secondary N) is 1. The summed E-state index contributed by atoms with van der Waals surface area (Å²) in [4.78, 5) is 29.5. The number of Topliss-reactive ketones (excluding diaryl/α,β-unsaturated/α-hetero) is 1. The number of carbonyl (C=O) groups is 2. The van der Waals surface area contributed by atoms with Crippen LogP contribution in [0, 0.1) is 0 Å². The number of dihydropyridines is 1. The van der Waals surface area contributed by atoms with Gasteiger partial charge in [-0.25, -0.2) is 4.79 Å². The van der Waals surface area contributed by atoms with Crippen LogP contribution in [-0.4, -0.2) is 39.6 Å². The second-order valence-electron chi connectivity index (χ2n) is 10.6. The molecule has 0 aromatic heterocycles. The van der Waals surface area contributed by atoms with E-state index < -0.39 is 5.92 Å². The van der Waals surface area contributed by atoms with Crippen LogP contribution in [0.25, 0.3) is 0 Å². The van der Waals surface area contributed by atoms with E-state index >= 15 is 0 Å². The van der Waals surface area contributed by atoms with Crippen LogP contribution >= 0.6 is 0 Å². The van der Waals surface area contributed by atoms with Gasteiger partial charge in [-0.2, -0.15) is 0 Å². The lowest BCUT2D eigenvalue weighted by molar-refractivity contribution is -0.139. The van der Waals surface area contributed by atoms with Gasteiger partial charge >= 0.3 is 5.97 Å². The van der Waals surface area contributed by atoms with Gasteiger partial charge < -0.3 is 19.7 Å². The Bertz CT molecular complexity index is 1440. The molecule has 0 saturated carbocycles. The highest BCUT2D eigenvalue weighted by molar-refractivity contribution is 6.04. The summed E-state index contributed by atoms with van der Waals surface area (Å²) < 4.78 is 11.1. The fourth-order valence-electron chi connectivity index (χ4n) is 5.70. The smallest absolute Gasteiger partial charge is 0.336 e. The fourth-order valence-corrected chi connectivity index (χ4v) is 5.70. The molecule has 0 bridgehead atoms. The van der Waals surface area contributed by atoms with Gasteiger partial charge in [-0.15, -0.1) is 0 Å². The SMILES string of the molecule is COc1ccc([C@H]2CC(=O)C3=C(C2)NC(C)=C(C(=O)OCCc2ccccc2)[C@@H]3c2ccc(N(C)C)cc2)cc1. The molecular formula is C34H36N2O4. The number of ketones is 1. The summed E-state index contributed by atoms with van der Waals surface area (Å²) in [6.07, 6.45) is 1.70. The van der Waals surface area contributed by atoms with Crippen molar-refractivity contribution in [1.82, 2.24) is 5.32 Å². The average molecular weight is 537 g/mol. The molecule has 0 amide bonds. The Morgan fingerprint density at radius 3 is 2.25 bits per heavy atom. The van der Waals surface area contributed by atoms with Gasteiger partial charge in [0.25, 0.3) is 0 Å². The first-order valence-corrected chi connectivity index (χ1v) is 13.7. The maximum atomic E-state index is 13.9. The number of benzene rings is 3. The van der Waals surface area contributed by atoms with Crippen molar-refractivity contribution in [1.29, 1.82) is 0 Å². The van der Waals surface area contributed by atoms with Crippen molar-refractivity contribution in [3.05, 3.63) is 118 Å². The Labute approximate surface area is 236 Å². The van der Waals surface area contributed by atoms with E-state index in [0.717, 1.165) is 39.5 Å². The molecule has 0 unspecified atom stereocenters. The first kappa shape index (κ1) is 27.3. The largest absolute Gasteiger partial charge is 0.497 e. The van der Waals surface area contributed by atoms with Crippen LogP contribution in [0.2, 0.25) is 0 Å². The fraction of sp³-hybridized carbons (Fsp3) is 0.294. The van der Waals surface area contributed by atoms with Crippen LogP contribution in [0.15, 0.2) is 101 Å². The minimum Gasteiger partial charge on any atom is -0.497 e. The minimum atomic E-state index is -0.485. The van der Waals surface area contributed by atoms with Crippen LogP contribution < -0.4 is 15.0 Å². The van der Waals surface area contributed by atoms with Gasteiger partial charge in [0.2, 0.25) is 0 Å². The van der Waals surface area contributed by atoms with E-state index in [1.165, 1.54) is 0 Å². The number of esters is 1. The summed E-state index contributed by atoms with van der Waals surface area (Å²) in [5, 5.41) is 3.44. The standard InChI is InChI=1S/C34H36N2O4/c1-22-31(34(38)40-19-18-23-8-6-5-7-9-23)32(25-10-14-27(15-11-25)36(2)3)33-29(35-22)20-26(21-30(33)37)24-12-16-28(39-4)17-13-24/h5-17,26,32,35H,18-21H2,1-4H3/t26-,32+/m1/s1. The maximum Gasteiger partial charge on any atom is 0.336 e. The lowest BCUT2D eigenvalue weighted by Crippen LogP contribution is -2.36. The van der Waals surface area contributed by atoms with Gasteiger partial charge in [0.05, 0.1) is 19.3 Å². The maximum absolute atomic E-state index is 13.9. The number of rotatable bonds is 8. The van der Waals surface area contributed by atoms with Crippen molar-refractivity contribution in [2.75, 3.05) is 32.7 Å². The number of anilines is 1. The topological polar surface area (TPSA) is 67.9 Å². The number of nitrogens with zero attached hydrogens (tertiary/aromatic N) is 1. The Morgan fingerprint density at radius 2 is 1.60 bits per heavy atom. The summed E-state index contributed by atoms with van der Waals surface area (Å²) >= 11 is 0. The molecule has 1 heterocycles. The van der Waals surface area contributed by atoms with Gasteiger partial charge in [0.15, 0.2) is 5.78 Å². The lowest BCUT2D eigenvalue weighted by Gasteiger charge is -2.37. The molecule has 5 rings (SSSR count). The number of hydrogen-bond donors (Lipinski definition) is 1. The third kappa shape index (κ3) is 5.67. The second-order valence-corrected chi connectivity index (χ2v) is 10.6. The zero-order chi connectivity index (χ0) is 28.2. The predicted molar refractivity (Wildman–Crippen MR) is 157 cm³/mol. The molecule has 6 heteroatoms. The molecule has 3 aromatic carbocycles. The Morgan fingerprint density at radius 1 is 0.925 bits per heavy atom. The molecule has 3 aromatic rings. The zero-order valence-electron chi connectivity index (χ0n) is 23.6. The van der Waals surface area contributed by atoms with E-state index in [4.69, 9.17) is 9.47 Å². The molecule has 0 radical (unpaired) electrons. The Kier molecular flexibility index (Phi) is 8.06. The summed E-state index contributed by atoms with van der Waals surface area (Å²) in [6, 6.07) is 26.0. The van der Waals surface area contributed by atoms with Crippen LogP contribution in [0.5, 0.6) is 5.75 Å². The summed E-state index contributed by atoms with van der Waals surface area (Å²) in [6.45, 7) is 2.17. The molecule has 0 fully saturated rings. The number of carbonyl (C=O) groups excluding carboxylic acids is 2. The second kappa shape index (κ2) is 11.8. The third-order valence-electron chi connectivity index (χ3n) is 7.84. The van der Waals surface area contributed by atoms with E-state index in [0.29, 0.717) is 30.4 Å². The number of allylic oxidation sites excluding steroid dienone is 3. The van der Waals surface area contributed by atoms with Gasteiger partial charge in [0, 0.05) is 55.5 Å². The van der Waals surface area contributed by atoms with Crippen molar-refractivity contribution in [2.45, 2.75) is 38.0 Å². The van der Waals surface area contributed by atoms with Crippen LogP contribution in [0.3, 0.4) is 0 Å². The highest BCUT2D eigenvalue weighted by atomic mass is 16.5. The molecule has 206 valence electrons. The summed E-state index contributed by atoms with van der Waals surface area (Å²) in [7, 11) is 5.63. The van der Waals surface area contributed by atoms with Crippen LogP contribution in [0.4, 0.5) is 5.69 Å². The number of methoxy groups -OCH3 is 1. The van der Waals surface area contributed by atoms with Crippen molar-refractivity contribution in [3.8, 4) is 5.75 Å². The molecule has 1 aliphatic carbocycles. The lowest BCUT2D eigenvalue weighted by atomic mass is 9.71. The van der Waals surface area contributed by atoms with Crippen LogP contribution in [-0.2, 0) is 20.7 Å². The summed E-state index contributed by atoms with van der Waals surface area (Å²) in [5.74, 6) is 0.0178. The number of hydrogen-bond acceptors (Lipinski definition) is 6. The van der Waals surface area contributed by atoms with Gasteiger partial charge in [-0.3, -0.25) is 4.79 Å². The molecule has 1 N–H and O–H groups in total. The van der Waals surface area contributed by atoms with E-state index in [-0.39, 0.29) is 24.3 Å². The summed E-state index contributed by atoms with van der Waals surface area (Å²) in [5.41, 5.74) is 6.95. The van der Waals surface area contributed by atoms with Crippen molar-refractivity contribution >= 4 is 17.4 Å². The highest BCUT2D eigenvalue weighted by Gasteiger charge is 2.41. The first-order valence-electron chi connectivity index (χ1n) is 13.7. The number of ether oxygens (including phenoxy) is 2. The Hall–Kier alpha value is -4.32. The monoisotopic (exact) mass is 536 g/mol. The van der Waals surface area contributed by atoms with Gasteiger partial charge in [0.1, 0.15) is 5.75 Å². The zero-order valence-corrected chi connectivity index (χ0v) is 23.6. The Balaban J connectivity index is 1.46. The minimum absolute atomic E-state index is 0.0496. The van der Waals surface area contributed by atoms with Gasteiger partial charge in [-0.05, 0) is 60.2 Å². The molecular weight excluding hydrogens is 500 g/mol. The molecule has 1 aliphatic heterocycles. The van der Waals surface area contributed by atoms with Crippen molar-refractivity contribution < 1.29 is 19.1 Å². The first-order chi connectivity index (χ1) is 19.4. The van der Waals surface area contributed by atoms with Gasteiger partial charge in [-0.1, -0.05) is 54.6 Å².